The molecule has 30 heavy (non-hydrogen) atoms. The predicted octanol–water partition coefficient (Wildman–Crippen LogP) is 3.20. The third kappa shape index (κ3) is 7.66. The van der Waals surface area contributed by atoms with Crippen LogP contribution < -0.4 is 10.0 Å². The largest absolute Gasteiger partial charge is 0.394 e. The number of benzene rings is 1. The Bertz CT molecular complexity index is 975. The molecule has 3 N–H and O–H groups in total. The summed E-state index contributed by atoms with van der Waals surface area (Å²) in [4.78, 5) is 12.7. The van der Waals surface area contributed by atoms with Gasteiger partial charge in [-0.2, -0.15) is 15.0 Å². The minimum atomic E-state index is -3.59. The maximum atomic E-state index is 13.4. The molecular formula is C19H27ClFN5O3S. The first-order chi connectivity index (χ1) is 14.0. The Kier molecular flexibility index (Phi) is 8.34. The Morgan fingerprint density at radius 1 is 1.17 bits per heavy atom. The van der Waals surface area contributed by atoms with Crippen molar-refractivity contribution in [2.45, 2.75) is 45.6 Å². The molecule has 0 radical (unpaired) electrons. The number of aromatic nitrogens is 3. The average molecular weight is 460 g/mol. The van der Waals surface area contributed by atoms with Gasteiger partial charge in [0.25, 0.3) is 0 Å². The zero-order valence-corrected chi connectivity index (χ0v) is 18.9. The van der Waals surface area contributed by atoms with E-state index in [1.807, 2.05) is 20.8 Å². The quantitative estimate of drug-likeness (QED) is 0.499. The van der Waals surface area contributed by atoms with Crippen molar-refractivity contribution in [3.63, 3.8) is 0 Å². The van der Waals surface area contributed by atoms with Crippen LogP contribution in [-0.4, -0.2) is 47.4 Å². The highest BCUT2D eigenvalue weighted by Gasteiger charge is 2.17. The summed E-state index contributed by atoms with van der Waals surface area (Å²) in [6, 6.07) is 4.18. The molecule has 2 aromatic rings. The number of halogens is 2. The van der Waals surface area contributed by atoms with E-state index in [-0.39, 0.29) is 35.5 Å². The number of nitrogens with zero attached hydrogens (tertiary/aromatic N) is 3. The van der Waals surface area contributed by atoms with Crippen LogP contribution in [0.4, 0.5) is 16.3 Å². The van der Waals surface area contributed by atoms with Gasteiger partial charge >= 0.3 is 0 Å². The van der Waals surface area contributed by atoms with Crippen molar-refractivity contribution in [3.8, 4) is 0 Å². The van der Waals surface area contributed by atoms with Crippen LogP contribution in [0.25, 0.3) is 0 Å². The summed E-state index contributed by atoms with van der Waals surface area (Å²) in [6.07, 6.45) is 2.02. The van der Waals surface area contributed by atoms with Crippen molar-refractivity contribution in [2.75, 3.05) is 22.9 Å². The molecule has 1 heterocycles. The van der Waals surface area contributed by atoms with Gasteiger partial charge in [-0.05, 0) is 36.0 Å². The predicted molar refractivity (Wildman–Crippen MR) is 116 cm³/mol. The molecule has 0 spiro atoms. The molecule has 1 aromatic heterocycles. The van der Waals surface area contributed by atoms with Crippen molar-refractivity contribution < 1.29 is 17.9 Å². The third-order valence-corrected chi connectivity index (χ3v) is 5.11. The number of aliphatic hydroxyl groups is 1. The first-order valence-corrected chi connectivity index (χ1v) is 11.8. The number of hydrogen-bond acceptors (Lipinski definition) is 7. The Morgan fingerprint density at radius 2 is 1.83 bits per heavy atom. The van der Waals surface area contributed by atoms with E-state index in [1.54, 1.807) is 12.1 Å². The van der Waals surface area contributed by atoms with E-state index < -0.39 is 15.8 Å². The summed E-state index contributed by atoms with van der Waals surface area (Å²) in [5.41, 5.74) is 0.794. The molecule has 0 aliphatic heterocycles. The minimum Gasteiger partial charge on any atom is -0.394 e. The van der Waals surface area contributed by atoms with E-state index in [4.69, 9.17) is 11.6 Å². The number of rotatable bonds is 10. The third-order valence-electron chi connectivity index (χ3n) is 4.27. The van der Waals surface area contributed by atoms with E-state index in [1.165, 1.54) is 6.07 Å². The van der Waals surface area contributed by atoms with Crippen molar-refractivity contribution in [1.29, 1.82) is 0 Å². The highest BCUT2D eigenvalue weighted by Crippen LogP contribution is 2.25. The second-order valence-electron chi connectivity index (χ2n) is 7.71. The van der Waals surface area contributed by atoms with E-state index >= 15 is 0 Å². The summed E-state index contributed by atoms with van der Waals surface area (Å²) >= 11 is 5.87. The Morgan fingerprint density at radius 3 is 2.40 bits per heavy atom. The molecule has 0 saturated carbocycles. The van der Waals surface area contributed by atoms with Gasteiger partial charge in [0.2, 0.25) is 21.9 Å². The minimum absolute atomic E-state index is 0.0243. The first kappa shape index (κ1) is 24.2. The molecule has 0 unspecified atom stereocenters. The average Bonchev–Trinajstić information content (AvgIpc) is 2.61. The molecule has 166 valence electrons. The van der Waals surface area contributed by atoms with Crippen LogP contribution in [0, 0.1) is 11.7 Å². The molecule has 8 nitrogen and oxygen atoms in total. The molecule has 0 aliphatic carbocycles. The fourth-order valence-electron chi connectivity index (χ4n) is 2.93. The maximum absolute atomic E-state index is 13.4. The van der Waals surface area contributed by atoms with E-state index in [9.17, 15) is 17.9 Å². The maximum Gasteiger partial charge on any atom is 0.241 e. The number of anilines is 2. The molecule has 0 bridgehead atoms. The molecule has 0 saturated heterocycles. The van der Waals surface area contributed by atoms with Gasteiger partial charge in [0, 0.05) is 6.42 Å². The van der Waals surface area contributed by atoms with E-state index in [0.717, 1.165) is 11.8 Å². The van der Waals surface area contributed by atoms with E-state index in [0.29, 0.717) is 24.6 Å². The molecule has 11 heteroatoms. The number of nitrogens with one attached hydrogen (secondary N) is 2. The molecule has 2 atom stereocenters. The van der Waals surface area contributed by atoms with Crippen LogP contribution in [0.2, 0.25) is 5.02 Å². The lowest BCUT2D eigenvalue weighted by molar-refractivity contribution is 0.259. The van der Waals surface area contributed by atoms with Gasteiger partial charge in [0.05, 0.1) is 23.9 Å². The van der Waals surface area contributed by atoms with Gasteiger partial charge in [0.1, 0.15) is 11.6 Å². The number of aliphatic hydroxyl groups excluding tert-OH is 1. The van der Waals surface area contributed by atoms with Crippen molar-refractivity contribution >= 4 is 33.5 Å². The van der Waals surface area contributed by atoms with Crippen molar-refractivity contribution in [2.24, 2.45) is 5.92 Å². The highest BCUT2D eigenvalue weighted by atomic mass is 35.5. The van der Waals surface area contributed by atoms with Gasteiger partial charge in [-0.15, -0.1) is 0 Å². The second-order valence-corrected chi connectivity index (χ2v) is 9.86. The van der Waals surface area contributed by atoms with Gasteiger partial charge < -0.3 is 10.4 Å². The number of sulfonamides is 1. The van der Waals surface area contributed by atoms with Crippen LogP contribution >= 0.6 is 11.6 Å². The van der Waals surface area contributed by atoms with Crippen LogP contribution in [0.1, 0.15) is 44.5 Å². The Balaban J connectivity index is 2.31. The Labute approximate surface area is 181 Å². The van der Waals surface area contributed by atoms with E-state index in [2.05, 4.69) is 25.0 Å². The van der Waals surface area contributed by atoms with Gasteiger partial charge in [-0.1, -0.05) is 38.4 Å². The summed E-state index contributed by atoms with van der Waals surface area (Å²) in [5.74, 6) is 0.0965. The smallest absolute Gasteiger partial charge is 0.241 e. The Hall–Kier alpha value is -2.04. The molecule has 0 fully saturated rings. The lowest BCUT2D eigenvalue weighted by atomic mass is 9.97. The lowest BCUT2D eigenvalue weighted by Gasteiger charge is -2.19. The van der Waals surface area contributed by atoms with Gasteiger partial charge in [-0.25, -0.2) is 12.8 Å². The standard InChI is InChI=1S/C19H27ClFN5O3S/c1-11(2)7-14(10-27)22-18-23-17(24-19(25-18)26-30(4,28)29)8-12(3)13-5-6-16(21)15(20)9-13/h5-6,9,11-12,14,27H,7-8,10H2,1-4H3,(H2,22,23,24,25,26)/t12-,14+/m0/s1. The molecular weight excluding hydrogens is 433 g/mol. The first-order valence-electron chi connectivity index (χ1n) is 9.52. The van der Waals surface area contributed by atoms with Crippen molar-refractivity contribution in [1.82, 2.24) is 15.0 Å². The zero-order valence-electron chi connectivity index (χ0n) is 17.4. The SMILES string of the molecule is CC(C)C[C@H](CO)Nc1nc(C[C@H](C)c2ccc(F)c(Cl)c2)nc(NS(C)(=O)=O)n1. The fourth-order valence-corrected chi connectivity index (χ4v) is 3.54. The highest BCUT2D eigenvalue weighted by molar-refractivity contribution is 7.91. The summed E-state index contributed by atoms with van der Waals surface area (Å²) in [5, 5.41) is 12.7. The molecule has 2 rings (SSSR count). The van der Waals surface area contributed by atoms with Crippen molar-refractivity contribution in [3.05, 3.63) is 40.4 Å². The number of hydrogen-bond donors (Lipinski definition) is 3. The van der Waals surface area contributed by atoms with Crippen LogP contribution in [0.15, 0.2) is 18.2 Å². The monoisotopic (exact) mass is 459 g/mol. The lowest BCUT2D eigenvalue weighted by Crippen LogP contribution is -2.27. The van der Waals surface area contributed by atoms with Crippen LogP contribution in [0.3, 0.4) is 0 Å². The van der Waals surface area contributed by atoms with Gasteiger partial charge in [0.15, 0.2) is 0 Å². The van der Waals surface area contributed by atoms with Crippen LogP contribution in [-0.2, 0) is 16.4 Å². The summed E-state index contributed by atoms with van der Waals surface area (Å²) in [7, 11) is -3.59. The van der Waals surface area contributed by atoms with Crippen LogP contribution in [0.5, 0.6) is 0 Å². The fraction of sp³-hybridized carbons (Fsp3) is 0.526. The molecule has 0 amide bonds. The summed E-state index contributed by atoms with van der Waals surface area (Å²) in [6.45, 7) is 5.82. The normalized spacial score (nSPS) is 13.9. The molecule has 1 aromatic carbocycles. The van der Waals surface area contributed by atoms with Gasteiger partial charge in [-0.3, -0.25) is 4.72 Å². The summed E-state index contributed by atoms with van der Waals surface area (Å²) < 4.78 is 39.0. The topological polar surface area (TPSA) is 117 Å². The second kappa shape index (κ2) is 10.3. The molecule has 0 aliphatic rings. The zero-order chi connectivity index (χ0) is 22.5.